The van der Waals surface area contributed by atoms with Gasteiger partial charge in [-0.05, 0) is 42.9 Å². The van der Waals surface area contributed by atoms with Crippen LogP contribution in [0.5, 0.6) is 0 Å². The predicted molar refractivity (Wildman–Crippen MR) is 105 cm³/mol. The summed E-state index contributed by atoms with van der Waals surface area (Å²) in [6.45, 7) is 8.40. The fourth-order valence-corrected chi connectivity index (χ4v) is 3.44. The SMILES string of the molecule is Cc1cc(C(=O)NC2CCCC2)nc(Nc2ccccc2C(C)(C)C)n1. The maximum absolute atomic E-state index is 12.6. The topological polar surface area (TPSA) is 66.9 Å². The molecule has 138 valence electrons. The summed E-state index contributed by atoms with van der Waals surface area (Å²) < 4.78 is 0. The summed E-state index contributed by atoms with van der Waals surface area (Å²) in [6.07, 6.45) is 4.48. The van der Waals surface area contributed by atoms with Gasteiger partial charge in [0.05, 0.1) is 0 Å². The second kappa shape index (κ2) is 7.44. The van der Waals surface area contributed by atoms with Crippen molar-refractivity contribution in [2.45, 2.75) is 64.8 Å². The van der Waals surface area contributed by atoms with Crippen molar-refractivity contribution < 1.29 is 4.79 Å². The smallest absolute Gasteiger partial charge is 0.270 e. The number of nitrogens with zero attached hydrogens (tertiary/aromatic N) is 2. The molecule has 2 N–H and O–H groups in total. The van der Waals surface area contributed by atoms with E-state index >= 15 is 0 Å². The Kier molecular flexibility index (Phi) is 5.25. The van der Waals surface area contributed by atoms with Crippen LogP contribution in [0, 0.1) is 6.92 Å². The number of hydrogen-bond donors (Lipinski definition) is 2. The van der Waals surface area contributed by atoms with E-state index in [4.69, 9.17) is 0 Å². The summed E-state index contributed by atoms with van der Waals surface area (Å²) in [7, 11) is 0. The van der Waals surface area contributed by atoms with E-state index in [1.807, 2.05) is 25.1 Å². The van der Waals surface area contributed by atoms with Crippen molar-refractivity contribution in [3.63, 3.8) is 0 Å². The fraction of sp³-hybridized carbons (Fsp3) is 0.476. The van der Waals surface area contributed by atoms with E-state index in [1.54, 1.807) is 6.07 Å². The summed E-state index contributed by atoms with van der Waals surface area (Å²) in [5.41, 5.74) is 3.33. The number of para-hydroxylation sites is 1. The third kappa shape index (κ3) is 4.40. The Bertz CT molecular complexity index is 789. The highest BCUT2D eigenvalue weighted by Crippen LogP contribution is 2.30. The van der Waals surface area contributed by atoms with Crippen LogP contribution in [0.2, 0.25) is 0 Å². The van der Waals surface area contributed by atoms with E-state index in [0.29, 0.717) is 11.6 Å². The van der Waals surface area contributed by atoms with Crippen LogP contribution in [-0.4, -0.2) is 21.9 Å². The van der Waals surface area contributed by atoms with Crippen LogP contribution in [0.4, 0.5) is 11.6 Å². The number of hydrogen-bond acceptors (Lipinski definition) is 4. The van der Waals surface area contributed by atoms with Crippen molar-refractivity contribution in [1.82, 2.24) is 15.3 Å². The largest absolute Gasteiger partial charge is 0.348 e. The van der Waals surface area contributed by atoms with Gasteiger partial charge in [-0.3, -0.25) is 4.79 Å². The van der Waals surface area contributed by atoms with Crippen LogP contribution in [-0.2, 0) is 5.41 Å². The van der Waals surface area contributed by atoms with Gasteiger partial charge in [0, 0.05) is 17.4 Å². The molecule has 5 nitrogen and oxygen atoms in total. The number of nitrogens with one attached hydrogen (secondary N) is 2. The number of carbonyl (C=O) groups is 1. The molecule has 1 saturated carbocycles. The Labute approximate surface area is 155 Å². The third-order valence-corrected chi connectivity index (χ3v) is 4.76. The van der Waals surface area contributed by atoms with E-state index < -0.39 is 0 Å². The molecule has 26 heavy (non-hydrogen) atoms. The average molecular weight is 352 g/mol. The second-order valence-corrected chi connectivity index (χ2v) is 8.09. The molecule has 0 bridgehead atoms. The maximum Gasteiger partial charge on any atom is 0.270 e. The van der Waals surface area contributed by atoms with E-state index in [2.05, 4.69) is 47.4 Å². The van der Waals surface area contributed by atoms with Gasteiger partial charge < -0.3 is 10.6 Å². The second-order valence-electron chi connectivity index (χ2n) is 8.09. The van der Waals surface area contributed by atoms with Gasteiger partial charge in [-0.25, -0.2) is 9.97 Å². The molecule has 1 aliphatic rings. The molecular weight excluding hydrogens is 324 g/mol. The molecule has 1 heterocycles. The van der Waals surface area contributed by atoms with Gasteiger partial charge in [-0.2, -0.15) is 0 Å². The molecule has 0 unspecified atom stereocenters. The zero-order valence-corrected chi connectivity index (χ0v) is 16.1. The first-order valence-corrected chi connectivity index (χ1v) is 9.36. The maximum atomic E-state index is 12.6. The standard InChI is InChI=1S/C21H28N4O/c1-14-13-18(19(26)23-15-9-5-6-10-15)25-20(22-14)24-17-12-8-7-11-16(17)21(2,3)4/h7-8,11-13,15H,5-6,9-10H2,1-4H3,(H,23,26)(H,22,24,25). The molecule has 1 aromatic carbocycles. The van der Waals surface area contributed by atoms with Gasteiger partial charge in [0.1, 0.15) is 5.69 Å². The number of benzene rings is 1. The summed E-state index contributed by atoms with van der Waals surface area (Å²) in [5, 5.41) is 6.40. The van der Waals surface area contributed by atoms with Crippen LogP contribution >= 0.6 is 0 Å². The first-order valence-electron chi connectivity index (χ1n) is 9.36. The van der Waals surface area contributed by atoms with E-state index in [9.17, 15) is 4.79 Å². The van der Waals surface area contributed by atoms with Crippen molar-refractivity contribution in [1.29, 1.82) is 0 Å². The third-order valence-electron chi connectivity index (χ3n) is 4.76. The molecule has 5 heteroatoms. The van der Waals surface area contributed by atoms with Crippen molar-refractivity contribution >= 4 is 17.5 Å². The molecule has 1 fully saturated rings. The molecule has 1 aromatic heterocycles. The van der Waals surface area contributed by atoms with Gasteiger partial charge in [0.2, 0.25) is 5.95 Å². The number of rotatable bonds is 4. The highest BCUT2D eigenvalue weighted by molar-refractivity contribution is 5.93. The molecule has 0 radical (unpaired) electrons. The number of anilines is 2. The van der Waals surface area contributed by atoms with Crippen LogP contribution in [0.1, 0.15) is 68.2 Å². The fourth-order valence-electron chi connectivity index (χ4n) is 3.44. The zero-order chi connectivity index (χ0) is 18.7. The monoisotopic (exact) mass is 352 g/mol. The molecule has 0 aliphatic heterocycles. The van der Waals surface area contributed by atoms with Crippen molar-refractivity contribution in [3.05, 3.63) is 47.3 Å². The molecule has 0 saturated heterocycles. The minimum atomic E-state index is -0.116. The molecule has 3 rings (SSSR count). The zero-order valence-electron chi connectivity index (χ0n) is 16.1. The number of carbonyl (C=O) groups excluding carboxylic acids is 1. The van der Waals surface area contributed by atoms with Gasteiger partial charge in [-0.1, -0.05) is 51.8 Å². The Morgan fingerprint density at radius 2 is 1.81 bits per heavy atom. The summed E-state index contributed by atoms with van der Waals surface area (Å²) in [5.74, 6) is 0.341. The van der Waals surface area contributed by atoms with E-state index in [1.165, 1.54) is 18.4 Å². The lowest BCUT2D eigenvalue weighted by Gasteiger charge is -2.23. The Hall–Kier alpha value is -2.43. The highest BCUT2D eigenvalue weighted by atomic mass is 16.1. The van der Waals surface area contributed by atoms with Crippen molar-refractivity contribution in [2.24, 2.45) is 0 Å². The lowest BCUT2D eigenvalue weighted by molar-refractivity contribution is 0.0932. The quantitative estimate of drug-likeness (QED) is 0.850. The van der Waals surface area contributed by atoms with Crippen molar-refractivity contribution in [2.75, 3.05) is 5.32 Å². The van der Waals surface area contributed by atoms with Crippen molar-refractivity contribution in [3.8, 4) is 0 Å². The van der Waals surface area contributed by atoms with Gasteiger partial charge >= 0.3 is 0 Å². The van der Waals surface area contributed by atoms with Crippen LogP contribution in [0.25, 0.3) is 0 Å². The lowest BCUT2D eigenvalue weighted by atomic mass is 9.86. The normalized spacial score (nSPS) is 15.1. The first kappa shape index (κ1) is 18.4. The molecule has 1 amide bonds. The Morgan fingerprint density at radius 1 is 1.12 bits per heavy atom. The summed E-state index contributed by atoms with van der Waals surface area (Å²) in [4.78, 5) is 21.5. The first-order chi connectivity index (χ1) is 12.3. The Morgan fingerprint density at radius 3 is 2.50 bits per heavy atom. The summed E-state index contributed by atoms with van der Waals surface area (Å²) in [6, 6.07) is 10.2. The van der Waals surface area contributed by atoms with Gasteiger partial charge in [-0.15, -0.1) is 0 Å². The molecule has 1 aliphatic carbocycles. The van der Waals surface area contributed by atoms with Gasteiger partial charge in [0.25, 0.3) is 5.91 Å². The van der Waals surface area contributed by atoms with E-state index in [0.717, 1.165) is 24.2 Å². The predicted octanol–water partition coefficient (Wildman–Crippen LogP) is 4.50. The van der Waals surface area contributed by atoms with Gasteiger partial charge in [0.15, 0.2) is 0 Å². The highest BCUT2D eigenvalue weighted by Gasteiger charge is 2.21. The average Bonchev–Trinajstić information content (AvgIpc) is 3.07. The molecule has 2 aromatic rings. The number of aryl methyl sites for hydroxylation is 1. The van der Waals surface area contributed by atoms with Crippen LogP contribution < -0.4 is 10.6 Å². The Balaban J connectivity index is 1.83. The van der Waals surface area contributed by atoms with Crippen LogP contribution in [0.3, 0.4) is 0 Å². The van der Waals surface area contributed by atoms with E-state index in [-0.39, 0.29) is 17.4 Å². The minimum absolute atomic E-state index is 0.00387. The molecule has 0 atom stereocenters. The number of amides is 1. The molecular formula is C21H28N4O. The number of aromatic nitrogens is 2. The molecule has 0 spiro atoms. The van der Waals surface area contributed by atoms with Crippen LogP contribution in [0.15, 0.2) is 30.3 Å². The minimum Gasteiger partial charge on any atom is -0.348 e. The summed E-state index contributed by atoms with van der Waals surface area (Å²) >= 11 is 0. The lowest BCUT2D eigenvalue weighted by Crippen LogP contribution is -2.33.